The molecule has 0 radical (unpaired) electrons. The third kappa shape index (κ3) is 4.40. The molecule has 1 saturated heterocycles. The number of carbonyl (C=O) groups is 1. The second-order valence-electron chi connectivity index (χ2n) is 8.64. The number of likely N-dealkylation sites (tertiary alicyclic amines) is 1. The zero-order valence-corrected chi connectivity index (χ0v) is 19.7. The number of benzene rings is 2. The number of piperidine rings is 1. The van der Waals surface area contributed by atoms with Crippen LogP contribution in [0.2, 0.25) is 0 Å². The number of hydrogen-bond donors (Lipinski definition) is 0. The summed E-state index contributed by atoms with van der Waals surface area (Å²) >= 11 is 0. The van der Waals surface area contributed by atoms with Gasteiger partial charge < -0.3 is 14.1 Å². The maximum atomic E-state index is 12.9. The summed E-state index contributed by atoms with van der Waals surface area (Å²) in [5, 5.41) is 1.07. The van der Waals surface area contributed by atoms with Gasteiger partial charge in [-0.05, 0) is 57.9 Å². The van der Waals surface area contributed by atoms with Crippen LogP contribution in [-0.2, 0) is 11.3 Å². The lowest BCUT2D eigenvalue weighted by Gasteiger charge is -2.34. The predicted molar refractivity (Wildman–Crippen MR) is 129 cm³/mol. The second kappa shape index (κ2) is 9.78. The van der Waals surface area contributed by atoms with E-state index in [2.05, 4.69) is 43.0 Å². The Hall–Kier alpha value is -2.79. The van der Waals surface area contributed by atoms with Crippen molar-refractivity contribution in [2.75, 3.05) is 33.3 Å². The zero-order valence-electron chi connectivity index (χ0n) is 19.7. The Balaban J connectivity index is 1.60. The van der Waals surface area contributed by atoms with E-state index in [4.69, 9.17) is 9.15 Å². The van der Waals surface area contributed by atoms with Gasteiger partial charge in [-0.1, -0.05) is 30.3 Å². The number of hydrogen-bond acceptors (Lipinski definition) is 4. The van der Waals surface area contributed by atoms with Gasteiger partial charge in [0.15, 0.2) is 0 Å². The van der Waals surface area contributed by atoms with Crippen LogP contribution in [-0.4, -0.2) is 49.0 Å². The standard InChI is InChI=1S/C27H34N2O3/c1-5-29(6-2)27(30)21-13-10-14-28(17-21)18-22-15-25-23(16-24(22)31-4)26(19(3)32-25)20-11-8-7-9-12-20/h7-9,11-12,15-16,21H,5-6,10,13-14,17-18H2,1-4H3. The number of aryl methyl sites for hydroxylation is 1. The molecule has 1 fully saturated rings. The van der Waals surface area contributed by atoms with Crippen molar-refractivity contribution < 1.29 is 13.9 Å². The number of methoxy groups -OCH3 is 1. The molecule has 1 amide bonds. The first-order valence-electron chi connectivity index (χ1n) is 11.7. The zero-order chi connectivity index (χ0) is 22.7. The van der Waals surface area contributed by atoms with Gasteiger partial charge in [-0.2, -0.15) is 0 Å². The Labute approximate surface area is 190 Å². The fourth-order valence-electron chi connectivity index (χ4n) is 5.00. The number of fused-ring (bicyclic) bond motifs is 1. The minimum absolute atomic E-state index is 0.0777. The highest BCUT2D eigenvalue weighted by Gasteiger charge is 2.29. The quantitative estimate of drug-likeness (QED) is 0.493. The van der Waals surface area contributed by atoms with Crippen LogP contribution in [0.3, 0.4) is 0 Å². The molecule has 0 N–H and O–H groups in total. The minimum Gasteiger partial charge on any atom is -0.496 e. The van der Waals surface area contributed by atoms with Crippen molar-refractivity contribution in [1.29, 1.82) is 0 Å². The molecule has 1 aliphatic heterocycles. The fourth-order valence-corrected chi connectivity index (χ4v) is 5.00. The van der Waals surface area contributed by atoms with Gasteiger partial charge in [-0.3, -0.25) is 9.69 Å². The Morgan fingerprint density at radius 3 is 2.62 bits per heavy atom. The van der Waals surface area contributed by atoms with Gasteiger partial charge in [0.1, 0.15) is 17.1 Å². The first kappa shape index (κ1) is 22.4. The van der Waals surface area contributed by atoms with Gasteiger partial charge in [0.05, 0.1) is 13.0 Å². The average Bonchev–Trinajstić information content (AvgIpc) is 3.14. The molecule has 0 aliphatic carbocycles. The fraction of sp³-hybridized carbons (Fsp3) is 0.444. The molecule has 170 valence electrons. The first-order chi connectivity index (χ1) is 15.5. The van der Waals surface area contributed by atoms with Crippen molar-refractivity contribution in [1.82, 2.24) is 9.80 Å². The van der Waals surface area contributed by atoms with Crippen LogP contribution < -0.4 is 4.74 Å². The molecule has 5 nitrogen and oxygen atoms in total. The van der Waals surface area contributed by atoms with Crippen LogP contribution >= 0.6 is 0 Å². The molecule has 2 heterocycles. The molecule has 0 bridgehead atoms. The molecule has 32 heavy (non-hydrogen) atoms. The van der Waals surface area contributed by atoms with Crippen molar-refractivity contribution in [2.24, 2.45) is 5.92 Å². The van der Waals surface area contributed by atoms with Crippen molar-refractivity contribution in [3.63, 3.8) is 0 Å². The topological polar surface area (TPSA) is 45.9 Å². The lowest BCUT2D eigenvalue weighted by Crippen LogP contribution is -2.44. The summed E-state index contributed by atoms with van der Waals surface area (Å²) in [6, 6.07) is 14.6. The van der Waals surface area contributed by atoms with E-state index in [0.29, 0.717) is 0 Å². The van der Waals surface area contributed by atoms with Gasteiger partial charge in [0, 0.05) is 42.7 Å². The van der Waals surface area contributed by atoms with Crippen molar-refractivity contribution in [3.8, 4) is 16.9 Å². The van der Waals surface area contributed by atoms with Gasteiger partial charge in [-0.15, -0.1) is 0 Å². The van der Waals surface area contributed by atoms with Gasteiger partial charge in [0.2, 0.25) is 5.91 Å². The van der Waals surface area contributed by atoms with Crippen LogP contribution in [0.15, 0.2) is 46.9 Å². The Morgan fingerprint density at radius 2 is 1.94 bits per heavy atom. The van der Waals surface area contributed by atoms with Gasteiger partial charge >= 0.3 is 0 Å². The summed E-state index contributed by atoms with van der Waals surface area (Å²) in [4.78, 5) is 17.2. The molecule has 5 heteroatoms. The SMILES string of the molecule is CCN(CC)C(=O)C1CCCN(Cc2cc3oc(C)c(-c4ccccc4)c3cc2OC)C1. The minimum atomic E-state index is 0.0777. The molecule has 1 aliphatic rings. The number of rotatable bonds is 7. The van der Waals surface area contributed by atoms with Crippen LogP contribution in [0, 0.1) is 12.8 Å². The Kier molecular flexibility index (Phi) is 6.85. The lowest BCUT2D eigenvalue weighted by molar-refractivity contribution is -0.137. The Bertz CT molecular complexity index is 1070. The number of amides is 1. The monoisotopic (exact) mass is 434 g/mol. The third-order valence-electron chi connectivity index (χ3n) is 6.65. The summed E-state index contributed by atoms with van der Waals surface area (Å²) in [6.07, 6.45) is 2.01. The number of ether oxygens (including phenoxy) is 1. The van der Waals surface area contributed by atoms with Crippen LogP contribution in [0.25, 0.3) is 22.1 Å². The van der Waals surface area contributed by atoms with Gasteiger partial charge in [0.25, 0.3) is 0 Å². The van der Waals surface area contributed by atoms with Crippen LogP contribution in [0.5, 0.6) is 5.75 Å². The van der Waals surface area contributed by atoms with E-state index in [1.807, 2.05) is 30.0 Å². The number of carbonyl (C=O) groups excluding carboxylic acids is 1. The molecule has 4 rings (SSSR count). The maximum Gasteiger partial charge on any atom is 0.226 e. The molecular weight excluding hydrogens is 400 g/mol. The second-order valence-corrected chi connectivity index (χ2v) is 8.64. The molecule has 1 atom stereocenters. The molecule has 0 spiro atoms. The maximum absolute atomic E-state index is 12.9. The summed E-state index contributed by atoms with van der Waals surface area (Å²) < 4.78 is 12.0. The lowest BCUT2D eigenvalue weighted by atomic mass is 9.95. The average molecular weight is 435 g/mol. The summed E-state index contributed by atoms with van der Waals surface area (Å²) in [5.74, 6) is 2.14. The van der Waals surface area contributed by atoms with Gasteiger partial charge in [-0.25, -0.2) is 0 Å². The summed E-state index contributed by atoms with van der Waals surface area (Å²) in [7, 11) is 1.72. The normalized spacial score (nSPS) is 16.9. The molecule has 0 saturated carbocycles. The first-order valence-corrected chi connectivity index (χ1v) is 11.7. The van der Waals surface area contributed by atoms with Crippen molar-refractivity contribution >= 4 is 16.9 Å². The van der Waals surface area contributed by atoms with Crippen LogP contribution in [0.4, 0.5) is 0 Å². The predicted octanol–water partition coefficient (Wildman–Crippen LogP) is 5.50. The number of nitrogens with zero attached hydrogens (tertiary/aromatic N) is 2. The highest BCUT2D eigenvalue weighted by atomic mass is 16.5. The van der Waals surface area contributed by atoms with E-state index < -0.39 is 0 Å². The van der Waals surface area contributed by atoms with Crippen molar-refractivity contribution in [2.45, 2.75) is 40.2 Å². The van der Waals surface area contributed by atoms with E-state index in [9.17, 15) is 4.79 Å². The van der Waals surface area contributed by atoms with Crippen molar-refractivity contribution in [3.05, 3.63) is 53.8 Å². The molecule has 1 unspecified atom stereocenters. The molecular formula is C27H34N2O3. The van der Waals surface area contributed by atoms with E-state index in [1.165, 1.54) is 0 Å². The third-order valence-corrected chi connectivity index (χ3v) is 6.65. The van der Waals surface area contributed by atoms with E-state index in [-0.39, 0.29) is 11.8 Å². The highest BCUT2D eigenvalue weighted by molar-refractivity contribution is 5.97. The highest BCUT2D eigenvalue weighted by Crippen LogP contribution is 2.38. The van der Waals surface area contributed by atoms with E-state index >= 15 is 0 Å². The van der Waals surface area contributed by atoms with E-state index in [0.717, 1.165) is 84.7 Å². The summed E-state index contributed by atoms with van der Waals surface area (Å²) in [6.45, 7) is 10.2. The van der Waals surface area contributed by atoms with Crippen LogP contribution in [0.1, 0.15) is 38.0 Å². The largest absolute Gasteiger partial charge is 0.496 e. The smallest absolute Gasteiger partial charge is 0.226 e. The number of furan rings is 1. The molecule has 1 aromatic heterocycles. The Morgan fingerprint density at radius 1 is 1.19 bits per heavy atom. The molecule has 2 aromatic carbocycles. The summed E-state index contributed by atoms with van der Waals surface area (Å²) in [5.41, 5.74) is 4.25. The molecule has 3 aromatic rings. The van der Waals surface area contributed by atoms with E-state index in [1.54, 1.807) is 7.11 Å².